The van der Waals surface area contributed by atoms with E-state index in [1.54, 1.807) is 24.2 Å². The number of methoxy groups -OCH3 is 1. The Hall–Kier alpha value is -1.45. The molecule has 0 aromatic heterocycles. The molecule has 1 unspecified atom stereocenters. The smallest absolute Gasteiger partial charge is 0.341 e. The Morgan fingerprint density at radius 3 is 2.25 bits per heavy atom. The van der Waals surface area contributed by atoms with Crippen LogP contribution in [-0.4, -0.2) is 61.0 Å². The summed E-state index contributed by atoms with van der Waals surface area (Å²) in [4.78, 5) is 26.2. The predicted molar refractivity (Wildman–Crippen MR) is 137 cm³/mol. The number of ether oxygens (including phenoxy) is 3. The Labute approximate surface area is 217 Å². The normalized spacial score (nSPS) is 35.0. The zero-order chi connectivity index (χ0) is 27.5. The molecule has 0 aromatic carbocycles. The molecule has 0 radical (unpaired) electrons. The third-order valence-electron chi connectivity index (χ3n) is 9.62. The van der Waals surface area contributed by atoms with Gasteiger partial charge in [-0.1, -0.05) is 26.8 Å². The van der Waals surface area contributed by atoms with Crippen molar-refractivity contribution in [2.45, 2.75) is 105 Å². The molecule has 2 aliphatic carbocycles. The van der Waals surface area contributed by atoms with Gasteiger partial charge in [-0.2, -0.15) is 4.31 Å². The van der Waals surface area contributed by atoms with Crippen molar-refractivity contribution >= 4 is 22.0 Å². The van der Waals surface area contributed by atoms with Gasteiger partial charge in [-0.05, 0) is 65.2 Å². The molecule has 3 fully saturated rings. The SMILES string of the molecule is C=CC[C@H](C(=O)OC)[C@H](C)[C@@]1(C)O[C@@]2(CC3CC[C@]2(CS(=O)(=O)N(C(C)C)C(C)C)C3(C)C)OC1=O. The molecule has 2 saturated carbocycles. The van der Waals surface area contributed by atoms with Gasteiger partial charge in [0.1, 0.15) is 0 Å². The van der Waals surface area contributed by atoms with Crippen LogP contribution in [0.25, 0.3) is 0 Å². The maximum absolute atomic E-state index is 13.9. The molecule has 8 nitrogen and oxygen atoms in total. The van der Waals surface area contributed by atoms with E-state index in [1.165, 1.54) is 7.11 Å². The number of hydrogen-bond donors (Lipinski definition) is 0. The second kappa shape index (κ2) is 9.38. The van der Waals surface area contributed by atoms with E-state index in [0.29, 0.717) is 19.3 Å². The Morgan fingerprint density at radius 2 is 1.78 bits per heavy atom. The summed E-state index contributed by atoms with van der Waals surface area (Å²) in [6, 6.07) is -0.415. The zero-order valence-electron chi connectivity index (χ0n) is 23.4. The van der Waals surface area contributed by atoms with E-state index >= 15 is 0 Å². The van der Waals surface area contributed by atoms with Crippen LogP contribution in [0.4, 0.5) is 0 Å². The average Bonchev–Trinajstić information content (AvgIpc) is 3.21. The number of fused-ring (bicyclic) bond motifs is 3. The number of rotatable bonds is 10. The molecule has 0 aromatic rings. The number of hydrogen-bond acceptors (Lipinski definition) is 7. The van der Waals surface area contributed by atoms with Gasteiger partial charge in [0, 0.05) is 24.4 Å². The van der Waals surface area contributed by atoms with Gasteiger partial charge < -0.3 is 14.2 Å². The molecule has 3 aliphatic rings. The van der Waals surface area contributed by atoms with Gasteiger partial charge in [0.15, 0.2) is 5.60 Å². The van der Waals surface area contributed by atoms with Gasteiger partial charge in [-0.25, -0.2) is 13.2 Å². The Balaban J connectivity index is 2.08. The maximum Gasteiger partial charge on any atom is 0.341 e. The summed E-state index contributed by atoms with van der Waals surface area (Å²) in [7, 11) is -2.41. The number of esters is 2. The maximum atomic E-state index is 13.9. The molecule has 6 atom stereocenters. The zero-order valence-corrected chi connectivity index (χ0v) is 24.2. The summed E-state index contributed by atoms with van der Waals surface area (Å²) in [5.74, 6) is -3.62. The largest absolute Gasteiger partial charge is 0.469 e. The molecular weight excluding hydrogens is 482 g/mol. The molecule has 2 bridgehead atoms. The minimum Gasteiger partial charge on any atom is -0.469 e. The van der Waals surface area contributed by atoms with Crippen molar-refractivity contribution in [2.75, 3.05) is 12.9 Å². The van der Waals surface area contributed by atoms with Gasteiger partial charge in [0.05, 0.1) is 24.2 Å². The van der Waals surface area contributed by atoms with Crippen molar-refractivity contribution in [1.29, 1.82) is 0 Å². The van der Waals surface area contributed by atoms with Crippen molar-refractivity contribution in [2.24, 2.45) is 28.6 Å². The Morgan fingerprint density at radius 1 is 1.19 bits per heavy atom. The highest BCUT2D eigenvalue weighted by atomic mass is 32.2. The summed E-state index contributed by atoms with van der Waals surface area (Å²) in [5, 5.41) is 0. The lowest BCUT2D eigenvalue weighted by Gasteiger charge is -2.48. The summed E-state index contributed by atoms with van der Waals surface area (Å²) < 4.78 is 47.3. The lowest BCUT2D eigenvalue weighted by atomic mass is 9.68. The monoisotopic (exact) mass is 527 g/mol. The van der Waals surface area contributed by atoms with Crippen LogP contribution in [0.2, 0.25) is 0 Å². The van der Waals surface area contributed by atoms with Gasteiger partial charge in [-0.3, -0.25) is 4.79 Å². The topological polar surface area (TPSA) is 99.2 Å². The lowest BCUT2D eigenvalue weighted by Crippen LogP contribution is -2.58. The number of carbonyl (C=O) groups excluding carboxylic acids is 2. The van der Waals surface area contributed by atoms with Crippen LogP contribution < -0.4 is 0 Å². The van der Waals surface area contributed by atoms with Crippen LogP contribution in [-0.2, 0) is 33.8 Å². The third kappa shape index (κ3) is 4.04. The van der Waals surface area contributed by atoms with Crippen molar-refractivity contribution in [3.05, 3.63) is 12.7 Å². The van der Waals surface area contributed by atoms with E-state index in [4.69, 9.17) is 14.2 Å². The molecular formula is C27H45NO7S. The van der Waals surface area contributed by atoms with E-state index in [9.17, 15) is 18.0 Å². The summed E-state index contributed by atoms with van der Waals surface area (Å²) in [6.45, 7) is 18.8. The van der Waals surface area contributed by atoms with Crippen molar-refractivity contribution in [1.82, 2.24) is 4.31 Å². The van der Waals surface area contributed by atoms with Crippen LogP contribution in [0, 0.1) is 28.6 Å². The molecule has 206 valence electrons. The molecule has 3 rings (SSSR count). The second-order valence-electron chi connectivity index (χ2n) is 12.3. The second-order valence-corrected chi connectivity index (χ2v) is 14.2. The number of sulfonamides is 1. The molecule has 1 spiro atoms. The standard InChI is InChI=1S/C27H45NO7S/c1-11-12-21(22(29)33-10)19(6)25(9)23(30)34-27(35-25)15-20-13-14-26(27,24(20,7)8)16-36(31,32)28(17(2)3)18(4)5/h11,17-21H,1,12-16H2,2-10H3/t19-,20?,21-,25+,26-,27+/m0/s1. The van der Waals surface area contributed by atoms with Crippen molar-refractivity contribution in [3.8, 4) is 0 Å². The first kappa shape index (κ1) is 29.1. The van der Waals surface area contributed by atoms with Gasteiger partial charge in [-0.15, -0.1) is 6.58 Å². The minimum atomic E-state index is -3.73. The minimum absolute atomic E-state index is 0.147. The number of carbonyl (C=O) groups is 2. The predicted octanol–water partition coefficient (Wildman–Crippen LogP) is 4.29. The Bertz CT molecular complexity index is 998. The first-order valence-electron chi connectivity index (χ1n) is 13.1. The van der Waals surface area contributed by atoms with Crippen LogP contribution in [0.1, 0.15) is 81.1 Å². The van der Waals surface area contributed by atoms with E-state index in [0.717, 1.165) is 6.42 Å². The number of allylic oxidation sites excluding steroid dienone is 1. The van der Waals surface area contributed by atoms with Crippen LogP contribution in [0.15, 0.2) is 12.7 Å². The first-order chi connectivity index (χ1) is 16.5. The fourth-order valence-corrected chi connectivity index (χ4v) is 10.3. The third-order valence-corrected chi connectivity index (χ3v) is 12.0. The molecule has 1 saturated heterocycles. The fraction of sp³-hybridized carbons (Fsp3) is 0.852. The van der Waals surface area contributed by atoms with E-state index < -0.39 is 56.0 Å². The van der Waals surface area contributed by atoms with Gasteiger partial charge in [0.25, 0.3) is 0 Å². The quantitative estimate of drug-likeness (QED) is 0.309. The average molecular weight is 528 g/mol. The van der Waals surface area contributed by atoms with Crippen LogP contribution >= 0.6 is 0 Å². The highest BCUT2D eigenvalue weighted by Crippen LogP contribution is 2.73. The summed E-state index contributed by atoms with van der Waals surface area (Å²) in [6.07, 6.45) is 3.81. The molecule has 0 amide bonds. The van der Waals surface area contributed by atoms with Crippen molar-refractivity contribution in [3.63, 3.8) is 0 Å². The number of nitrogens with zero attached hydrogens (tertiary/aromatic N) is 1. The Kier molecular flexibility index (Phi) is 7.59. The summed E-state index contributed by atoms with van der Waals surface area (Å²) in [5.41, 5.74) is -2.79. The van der Waals surface area contributed by atoms with E-state index in [1.807, 2.05) is 27.7 Å². The molecule has 1 aliphatic heterocycles. The van der Waals surface area contributed by atoms with Gasteiger partial charge in [0.2, 0.25) is 15.8 Å². The highest BCUT2D eigenvalue weighted by Gasteiger charge is 2.79. The lowest BCUT2D eigenvalue weighted by molar-refractivity contribution is -0.260. The van der Waals surface area contributed by atoms with Gasteiger partial charge >= 0.3 is 11.9 Å². The summed E-state index contributed by atoms with van der Waals surface area (Å²) >= 11 is 0. The van der Waals surface area contributed by atoms with Crippen molar-refractivity contribution < 1.29 is 32.2 Å². The van der Waals surface area contributed by atoms with Crippen LogP contribution in [0.5, 0.6) is 0 Å². The molecule has 0 N–H and O–H groups in total. The van der Waals surface area contributed by atoms with Crippen LogP contribution in [0.3, 0.4) is 0 Å². The first-order valence-corrected chi connectivity index (χ1v) is 14.7. The molecule has 9 heteroatoms. The van der Waals surface area contributed by atoms with E-state index in [-0.39, 0.29) is 23.8 Å². The fourth-order valence-electron chi connectivity index (χ4n) is 7.48. The molecule has 1 heterocycles. The highest BCUT2D eigenvalue weighted by molar-refractivity contribution is 7.89. The molecule has 36 heavy (non-hydrogen) atoms. The van der Waals surface area contributed by atoms with E-state index in [2.05, 4.69) is 20.4 Å².